The number of piperidine rings is 1. The van der Waals surface area contributed by atoms with E-state index in [1.807, 2.05) is 12.1 Å². The summed E-state index contributed by atoms with van der Waals surface area (Å²) in [7, 11) is 0. The Balaban J connectivity index is 1.46. The molecule has 1 aliphatic heterocycles. The number of hydrogen-bond donors (Lipinski definition) is 1. The van der Waals surface area contributed by atoms with Crippen LogP contribution in [0.3, 0.4) is 0 Å². The van der Waals surface area contributed by atoms with E-state index < -0.39 is 0 Å². The van der Waals surface area contributed by atoms with Gasteiger partial charge >= 0.3 is 0 Å². The minimum absolute atomic E-state index is 0.509. The van der Waals surface area contributed by atoms with E-state index in [0.717, 1.165) is 18.7 Å². The molecule has 0 unspecified atom stereocenters. The fourth-order valence-corrected chi connectivity index (χ4v) is 2.96. The highest BCUT2D eigenvalue weighted by Crippen LogP contribution is 2.15. The molecule has 1 aromatic heterocycles. The molecule has 118 valence electrons. The molecule has 0 aliphatic carbocycles. The topological polar surface area (TPSA) is 54.2 Å². The number of rotatable bonds is 6. The minimum atomic E-state index is 0.509. The number of nitrogens with one attached hydrogen (secondary N) is 1. The van der Waals surface area contributed by atoms with Crippen LogP contribution in [-0.4, -0.2) is 40.7 Å². The predicted octanol–water partition coefficient (Wildman–Crippen LogP) is 2.70. The van der Waals surface area contributed by atoms with Gasteiger partial charge in [0.1, 0.15) is 0 Å². The van der Waals surface area contributed by atoms with Gasteiger partial charge in [0, 0.05) is 24.7 Å². The van der Waals surface area contributed by atoms with Crippen LogP contribution in [0.25, 0.3) is 11.4 Å². The molecule has 5 nitrogen and oxygen atoms in total. The first-order valence-electron chi connectivity index (χ1n) is 8.13. The van der Waals surface area contributed by atoms with Crippen molar-refractivity contribution in [3.05, 3.63) is 36.2 Å². The van der Waals surface area contributed by atoms with Gasteiger partial charge in [0.05, 0.1) is 0 Å². The van der Waals surface area contributed by atoms with Crippen molar-refractivity contribution in [3.8, 4) is 11.4 Å². The molecule has 1 aromatic carbocycles. The van der Waals surface area contributed by atoms with Gasteiger partial charge in [0.2, 0.25) is 12.2 Å². The van der Waals surface area contributed by atoms with E-state index in [-0.39, 0.29) is 0 Å². The summed E-state index contributed by atoms with van der Waals surface area (Å²) in [5.41, 5.74) is 2.26. The Morgan fingerprint density at radius 3 is 2.64 bits per heavy atom. The third kappa shape index (κ3) is 4.15. The molecule has 2 heterocycles. The fraction of sp³-hybridized carbons (Fsp3) is 0.529. The molecule has 1 aliphatic rings. The molecule has 1 N–H and O–H groups in total. The Morgan fingerprint density at radius 1 is 1.18 bits per heavy atom. The van der Waals surface area contributed by atoms with Crippen LogP contribution in [0, 0.1) is 0 Å². The van der Waals surface area contributed by atoms with Crippen LogP contribution >= 0.6 is 0 Å². The molecule has 1 fully saturated rings. The number of hydrogen-bond acceptors (Lipinski definition) is 5. The molecule has 0 saturated carbocycles. The first kappa shape index (κ1) is 15.2. The second-order valence-electron chi connectivity index (χ2n) is 6.09. The first-order valence-corrected chi connectivity index (χ1v) is 8.13. The van der Waals surface area contributed by atoms with Gasteiger partial charge in [-0.25, -0.2) is 0 Å². The number of likely N-dealkylation sites (tertiary alicyclic amines) is 1. The van der Waals surface area contributed by atoms with E-state index in [4.69, 9.17) is 4.52 Å². The zero-order chi connectivity index (χ0) is 15.2. The lowest BCUT2D eigenvalue weighted by atomic mass is 10.1. The Morgan fingerprint density at radius 2 is 1.95 bits per heavy atom. The van der Waals surface area contributed by atoms with E-state index >= 15 is 0 Å². The van der Waals surface area contributed by atoms with E-state index in [9.17, 15) is 0 Å². The Bertz CT molecular complexity index is 547. The molecule has 3 rings (SSSR count). The van der Waals surface area contributed by atoms with Crippen LogP contribution in [0.15, 0.2) is 35.2 Å². The van der Waals surface area contributed by atoms with Crippen LogP contribution in [0.1, 0.15) is 31.7 Å². The zero-order valence-corrected chi connectivity index (χ0v) is 13.2. The molecule has 2 aromatic rings. The summed E-state index contributed by atoms with van der Waals surface area (Å²) in [5.74, 6) is 0.637. The highest BCUT2D eigenvalue weighted by molar-refractivity contribution is 5.54. The van der Waals surface area contributed by atoms with Gasteiger partial charge in [-0.2, -0.15) is 4.98 Å². The van der Waals surface area contributed by atoms with Gasteiger partial charge in [-0.05, 0) is 38.4 Å². The fourth-order valence-electron chi connectivity index (χ4n) is 2.96. The summed E-state index contributed by atoms with van der Waals surface area (Å²) in [4.78, 5) is 6.63. The third-order valence-electron chi connectivity index (χ3n) is 4.21. The Kier molecular flexibility index (Phi) is 5.19. The maximum absolute atomic E-state index is 4.77. The van der Waals surface area contributed by atoms with Crippen molar-refractivity contribution in [1.82, 2.24) is 20.4 Å². The number of aromatic nitrogens is 2. The maximum atomic E-state index is 4.77. The van der Waals surface area contributed by atoms with E-state index in [2.05, 4.69) is 39.4 Å². The minimum Gasteiger partial charge on any atom is -0.342 e. The second-order valence-corrected chi connectivity index (χ2v) is 6.09. The Hall–Kier alpha value is -1.72. The number of benzene rings is 1. The van der Waals surface area contributed by atoms with E-state index in [1.54, 1.807) is 0 Å². The van der Waals surface area contributed by atoms with Crippen molar-refractivity contribution in [3.63, 3.8) is 0 Å². The smallest absolute Gasteiger partial charge is 0.214 e. The van der Waals surface area contributed by atoms with Gasteiger partial charge in [0.25, 0.3) is 0 Å². The van der Waals surface area contributed by atoms with Gasteiger partial charge in [0.15, 0.2) is 0 Å². The van der Waals surface area contributed by atoms with Gasteiger partial charge in [-0.1, -0.05) is 35.8 Å². The van der Waals surface area contributed by atoms with Crippen molar-refractivity contribution in [2.24, 2.45) is 0 Å². The first-order chi connectivity index (χ1) is 10.8. The summed E-state index contributed by atoms with van der Waals surface area (Å²) >= 11 is 0. The molecule has 0 amide bonds. The highest BCUT2D eigenvalue weighted by atomic mass is 16.5. The maximum Gasteiger partial charge on any atom is 0.214 e. The molecule has 1 saturated heterocycles. The number of nitrogens with zero attached hydrogens (tertiary/aromatic N) is 3. The summed E-state index contributed by atoms with van der Waals surface area (Å²) < 4.78 is 4.77. The SMILES string of the molecule is C[C@@H](CN1CCCCC1)NCc1ccc(-c2ncon2)cc1. The molecule has 0 spiro atoms. The van der Waals surface area contributed by atoms with Gasteiger partial charge in [-0.15, -0.1) is 0 Å². The van der Waals surface area contributed by atoms with Crippen LogP contribution in [-0.2, 0) is 6.54 Å². The van der Waals surface area contributed by atoms with Gasteiger partial charge in [-0.3, -0.25) is 0 Å². The monoisotopic (exact) mass is 300 g/mol. The van der Waals surface area contributed by atoms with Crippen molar-refractivity contribution in [2.45, 2.75) is 38.8 Å². The summed E-state index contributed by atoms with van der Waals surface area (Å²) in [6.45, 7) is 6.81. The van der Waals surface area contributed by atoms with E-state index in [0.29, 0.717) is 11.9 Å². The molecular weight excluding hydrogens is 276 g/mol. The van der Waals surface area contributed by atoms with Crippen molar-refractivity contribution < 1.29 is 4.52 Å². The standard InChI is InChI=1S/C17H24N4O/c1-14(12-21-9-3-2-4-10-21)18-11-15-5-7-16(8-6-15)17-19-13-22-20-17/h5-8,13-14,18H,2-4,9-12H2,1H3/t14-/m0/s1. The largest absolute Gasteiger partial charge is 0.342 e. The summed E-state index contributed by atoms with van der Waals surface area (Å²) in [6.07, 6.45) is 5.45. The van der Waals surface area contributed by atoms with Gasteiger partial charge < -0.3 is 14.7 Å². The lowest BCUT2D eigenvalue weighted by Gasteiger charge is -2.29. The van der Waals surface area contributed by atoms with Crippen molar-refractivity contribution in [2.75, 3.05) is 19.6 Å². The molecule has 5 heteroatoms. The molecule has 22 heavy (non-hydrogen) atoms. The molecule has 0 bridgehead atoms. The zero-order valence-electron chi connectivity index (χ0n) is 13.2. The summed E-state index contributed by atoms with van der Waals surface area (Å²) in [6, 6.07) is 8.82. The van der Waals surface area contributed by atoms with Crippen LogP contribution in [0.2, 0.25) is 0 Å². The lowest BCUT2D eigenvalue weighted by Crippen LogP contribution is -2.41. The van der Waals surface area contributed by atoms with E-state index in [1.165, 1.54) is 44.3 Å². The normalized spacial score (nSPS) is 17.5. The molecule has 1 atom stereocenters. The molecule has 0 radical (unpaired) electrons. The third-order valence-corrected chi connectivity index (χ3v) is 4.21. The average molecular weight is 300 g/mol. The van der Waals surface area contributed by atoms with Crippen molar-refractivity contribution in [1.29, 1.82) is 0 Å². The second kappa shape index (κ2) is 7.51. The van der Waals surface area contributed by atoms with Crippen LogP contribution < -0.4 is 5.32 Å². The van der Waals surface area contributed by atoms with Crippen molar-refractivity contribution >= 4 is 0 Å². The van der Waals surface area contributed by atoms with Crippen LogP contribution in [0.5, 0.6) is 0 Å². The predicted molar refractivity (Wildman–Crippen MR) is 86.3 cm³/mol. The Labute approximate surface area is 131 Å². The lowest BCUT2D eigenvalue weighted by molar-refractivity contribution is 0.209. The average Bonchev–Trinajstić information content (AvgIpc) is 3.09. The highest BCUT2D eigenvalue weighted by Gasteiger charge is 2.13. The van der Waals surface area contributed by atoms with Crippen LogP contribution in [0.4, 0.5) is 0 Å². The quantitative estimate of drug-likeness (QED) is 0.889. The molecular formula is C17H24N4O. The summed E-state index contributed by atoms with van der Waals surface area (Å²) in [5, 5.41) is 7.46.